The number of carbonyl (C=O) groups excluding carboxylic acids is 2. The molecule has 0 saturated heterocycles. The topological polar surface area (TPSA) is 67.8 Å². The van der Waals surface area contributed by atoms with Gasteiger partial charge in [0.25, 0.3) is 0 Å². The average Bonchev–Trinajstić information content (AvgIpc) is 2.67. The second-order valence-corrected chi connectivity index (χ2v) is 6.02. The number of para-hydroxylation sites is 1. The van der Waals surface area contributed by atoms with E-state index in [1.807, 2.05) is 60.7 Å². The number of nitrogens with zero attached hydrogens (tertiary/aromatic N) is 1. The molecule has 0 radical (unpaired) electrons. The molecule has 3 rings (SSSR count). The molecule has 0 aliphatic heterocycles. The smallest absolute Gasteiger partial charge is 0.316 e. The molecule has 1 fully saturated rings. The van der Waals surface area contributed by atoms with Gasteiger partial charge < -0.3 is 4.74 Å². The van der Waals surface area contributed by atoms with Crippen molar-refractivity contribution < 1.29 is 14.3 Å². The van der Waals surface area contributed by atoms with Gasteiger partial charge in [-0.15, -0.1) is 0 Å². The molecule has 0 bridgehead atoms. The predicted octanol–water partition coefficient (Wildman–Crippen LogP) is 3.39. The van der Waals surface area contributed by atoms with E-state index in [4.69, 9.17) is 4.74 Å². The van der Waals surface area contributed by atoms with Gasteiger partial charge in [0.1, 0.15) is 5.92 Å². The van der Waals surface area contributed by atoms with Gasteiger partial charge in [-0.2, -0.15) is 5.10 Å². The second-order valence-electron chi connectivity index (χ2n) is 6.02. The zero-order valence-corrected chi connectivity index (χ0v) is 14.0. The van der Waals surface area contributed by atoms with Crippen LogP contribution in [-0.4, -0.2) is 24.6 Å². The van der Waals surface area contributed by atoms with E-state index in [9.17, 15) is 9.59 Å². The Kier molecular flexibility index (Phi) is 5.23. The molecular formula is C20H20N2O3. The summed E-state index contributed by atoms with van der Waals surface area (Å²) in [7, 11) is 1.32. The molecule has 0 amide bonds. The van der Waals surface area contributed by atoms with Gasteiger partial charge in [-0.3, -0.25) is 15.0 Å². The van der Waals surface area contributed by atoms with Crippen molar-refractivity contribution in [2.75, 3.05) is 12.5 Å². The quantitative estimate of drug-likeness (QED) is 0.528. The molecule has 0 spiro atoms. The monoisotopic (exact) mass is 336 g/mol. The summed E-state index contributed by atoms with van der Waals surface area (Å²) >= 11 is 0. The fourth-order valence-corrected chi connectivity index (χ4v) is 3.15. The number of ketones is 1. The molecule has 2 aromatic carbocycles. The fourth-order valence-electron chi connectivity index (χ4n) is 3.15. The summed E-state index contributed by atoms with van der Waals surface area (Å²) in [5, 5.41) is 4.39. The fraction of sp³-hybridized carbons (Fsp3) is 0.250. The number of hydrazone groups is 1. The first-order valence-electron chi connectivity index (χ1n) is 8.21. The minimum atomic E-state index is -0.775. The summed E-state index contributed by atoms with van der Waals surface area (Å²) in [6, 6.07) is 19.1. The zero-order chi connectivity index (χ0) is 17.6. The van der Waals surface area contributed by atoms with E-state index in [-0.39, 0.29) is 18.1 Å². The molecule has 2 aromatic rings. The van der Waals surface area contributed by atoms with Crippen molar-refractivity contribution in [1.82, 2.24) is 0 Å². The Hall–Kier alpha value is -2.95. The molecule has 0 unspecified atom stereocenters. The third-order valence-corrected chi connectivity index (χ3v) is 4.38. The van der Waals surface area contributed by atoms with E-state index in [1.165, 1.54) is 7.11 Å². The van der Waals surface area contributed by atoms with Crippen molar-refractivity contribution in [2.45, 2.75) is 18.8 Å². The highest BCUT2D eigenvalue weighted by Gasteiger charge is 2.41. The lowest BCUT2D eigenvalue weighted by atomic mass is 9.74. The molecule has 1 N–H and O–H groups in total. The maximum absolute atomic E-state index is 12.6. The predicted molar refractivity (Wildman–Crippen MR) is 96.4 cm³/mol. The van der Waals surface area contributed by atoms with Crippen molar-refractivity contribution in [3.63, 3.8) is 0 Å². The maximum Gasteiger partial charge on any atom is 0.316 e. The first-order chi connectivity index (χ1) is 12.2. The van der Waals surface area contributed by atoms with Crippen LogP contribution >= 0.6 is 0 Å². The number of ether oxygens (including phenoxy) is 1. The molecule has 5 nitrogen and oxygen atoms in total. The van der Waals surface area contributed by atoms with Crippen LogP contribution in [0.3, 0.4) is 0 Å². The highest BCUT2D eigenvalue weighted by atomic mass is 16.5. The number of benzene rings is 2. The maximum atomic E-state index is 12.6. The van der Waals surface area contributed by atoms with Crippen LogP contribution in [0.25, 0.3) is 0 Å². The SMILES string of the molecule is COC(=O)[C@H]1C(=O)C/C(=N\Nc2ccccc2)C[C@@H]1c1ccccc1. The largest absolute Gasteiger partial charge is 0.468 e. The van der Waals surface area contributed by atoms with E-state index in [2.05, 4.69) is 10.5 Å². The Labute approximate surface area is 146 Å². The van der Waals surface area contributed by atoms with E-state index in [1.54, 1.807) is 0 Å². The van der Waals surface area contributed by atoms with Gasteiger partial charge in [0.05, 0.1) is 12.8 Å². The Bertz CT molecular complexity index is 772. The molecule has 1 saturated carbocycles. The van der Waals surface area contributed by atoms with Crippen molar-refractivity contribution in [3.8, 4) is 0 Å². The molecular weight excluding hydrogens is 316 g/mol. The number of Topliss-reactive ketones (excluding diaryl/α,β-unsaturated/α-hetero) is 1. The summed E-state index contributed by atoms with van der Waals surface area (Å²) in [6.45, 7) is 0. The number of nitrogens with one attached hydrogen (secondary N) is 1. The van der Waals surface area contributed by atoms with Crippen LogP contribution in [0.4, 0.5) is 5.69 Å². The first kappa shape index (κ1) is 16.9. The number of carbonyl (C=O) groups is 2. The van der Waals surface area contributed by atoms with Crippen molar-refractivity contribution in [2.24, 2.45) is 11.0 Å². The van der Waals surface area contributed by atoms with Crippen LogP contribution in [0.5, 0.6) is 0 Å². The molecule has 128 valence electrons. The average molecular weight is 336 g/mol. The van der Waals surface area contributed by atoms with Gasteiger partial charge in [0.2, 0.25) is 0 Å². The van der Waals surface area contributed by atoms with E-state index < -0.39 is 11.9 Å². The summed E-state index contributed by atoms with van der Waals surface area (Å²) in [5.74, 6) is -1.66. The van der Waals surface area contributed by atoms with Crippen LogP contribution in [0, 0.1) is 5.92 Å². The standard InChI is InChI=1S/C20H20N2O3/c1-25-20(24)19-17(14-8-4-2-5-9-14)12-16(13-18(19)23)22-21-15-10-6-3-7-11-15/h2-11,17,19,21H,12-13H2,1H3/b22-16-/t17-,19-/m1/s1. The second kappa shape index (κ2) is 7.75. The lowest BCUT2D eigenvalue weighted by Crippen LogP contribution is -2.38. The molecule has 1 aliphatic carbocycles. The highest BCUT2D eigenvalue weighted by molar-refractivity contribution is 6.13. The first-order valence-corrected chi connectivity index (χ1v) is 8.21. The van der Waals surface area contributed by atoms with Crippen LogP contribution in [-0.2, 0) is 14.3 Å². The van der Waals surface area contributed by atoms with Crippen LogP contribution in [0.15, 0.2) is 65.8 Å². The van der Waals surface area contributed by atoms with Crippen molar-refractivity contribution >= 4 is 23.2 Å². The number of methoxy groups -OCH3 is 1. The summed E-state index contributed by atoms with van der Waals surface area (Å²) in [6.07, 6.45) is 0.693. The Morgan fingerprint density at radius 1 is 1.08 bits per heavy atom. The van der Waals surface area contributed by atoms with E-state index in [0.717, 1.165) is 17.0 Å². The van der Waals surface area contributed by atoms with Gasteiger partial charge >= 0.3 is 5.97 Å². The van der Waals surface area contributed by atoms with E-state index in [0.29, 0.717) is 6.42 Å². The van der Waals surface area contributed by atoms with Gasteiger partial charge in [-0.05, 0) is 24.1 Å². The van der Waals surface area contributed by atoms with Gasteiger partial charge in [0, 0.05) is 18.1 Å². The zero-order valence-electron chi connectivity index (χ0n) is 14.0. The number of hydrogen-bond acceptors (Lipinski definition) is 5. The number of esters is 1. The lowest BCUT2D eigenvalue weighted by Gasteiger charge is -2.29. The third-order valence-electron chi connectivity index (χ3n) is 4.38. The molecule has 2 atom stereocenters. The van der Waals surface area contributed by atoms with Crippen LogP contribution < -0.4 is 5.43 Å². The van der Waals surface area contributed by atoms with Gasteiger partial charge in [-0.25, -0.2) is 0 Å². The minimum Gasteiger partial charge on any atom is -0.468 e. The molecule has 1 aliphatic rings. The van der Waals surface area contributed by atoms with Gasteiger partial charge in [-0.1, -0.05) is 48.5 Å². The Morgan fingerprint density at radius 3 is 2.36 bits per heavy atom. The van der Waals surface area contributed by atoms with Gasteiger partial charge in [0.15, 0.2) is 5.78 Å². The lowest BCUT2D eigenvalue weighted by molar-refractivity contribution is -0.150. The van der Waals surface area contributed by atoms with Crippen molar-refractivity contribution in [3.05, 3.63) is 66.2 Å². The molecule has 0 aromatic heterocycles. The Balaban J connectivity index is 1.85. The summed E-state index contributed by atoms with van der Waals surface area (Å²) < 4.78 is 4.86. The molecule has 5 heteroatoms. The Morgan fingerprint density at radius 2 is 1.72 bits per heavy atom. The molecule has 0 heterocycles. The summed E-state index contributed by atoms with van der Waals surface area (Å²) in [4.78, 5) is 24.7. The highest BCUT2D eigenvalue weighted by Crippen LogP contribution is 2.35. The van der Waals surface area contributed by atoms with Crippen LogP contribution in [0.1, 0.15) is 24.3 Å². The minimum absolute atomic E-state index is 0.152. The number of anilines is 1. The van der Waals surface area contributed by atoms with Crippen LogP contribution in [0.2, 0.25) is 0 Å². The number of hydrogen-bond donors (Lipinski definition) is 1. The summed E-state index contributed by atoms with van der Waals surface area (Å²) in [5.41, 5.74) is 5.52. The third kappa shape index (κ3) is 3.94. The molecule has 25 heavy (non-hydrogen) atoms. The van der Waals surface area contributed by atoms with E-state index >= 15 is 0 Å². The normalized spacial score (nSPS) is 21.8. The van der Waals surface area contributed by atoms with Crippen molar-refractivity contribution in [1.29, 1.82) is 0 Å². The number of rotatable bonds is 4.